The van der Waals surface area contributed by atoms with Gasteiger partial charge in [-0.3, -0.25) is 9.69 Å². The van der Waals surface area contributed by atoms with Gasteiger partial charge in [-0.25, -0.2) is 8.78 Å². The molecule has 0 unspecified atom stereocenters. The maximum Gasteiger partial charge on any atom is 0.224 e. The number of fused-ring (bicyclic) bond motifs is 2. The second-order valence-corrected chi connectivity index (χ2v) is 9.21. The zero-order valence-corrected chi connectivity index (χ0v) is 17.6. The molecule has 1 aliphatic carbocycles. The van der Waals surface area contributed by atoms with Gasteiger partial charge in [0.15, 0.2) is 17.4 Å². The highest BCUT2D eigenvalue weighted by molar-refractivity contribution is 5.93. The first-order chi connectivity index (χ1) is 15.3. The fraction of sp³-hybridized carbons (Fsp3) is 0.458. The minimum atomic E-state index is -1.01. The van der Waals surface area contributed by atoms with Crippen molar-refractivity contribution in [1.29, 1.82) is 0 Å². The fourth-order valence-electron chi connectivity index (χ4n) is 5.33. The number of anilines is 1. The number of hydrogen-bond donors (Lipinski definition) is 3. The molecule has 2 fully saturated rings. The largest absolute Gasteiger partial charge is 0.484 e. The molecule has 1 amide bonds. The van der Waals surface area contributed by atoms with Crippen LogP contribution in [0.1, 0.15) is 36.5 Å². The number of β-amino-alcohol motifs (C(OH)–C–C–N with tert-alkyl or cyclic N) is 2. The normalized spacial score (nSPS) is 28.2. The molecule has 3 N–H and O–H groups in total. The third kappa shape index (κ3) is 3.98. The van der Waals surface area contributed by atoms with E-state index in [1.54, 1.807) is 0 Å². The summed E-state index contributed by atoms with van der Waals surface area (Å²) in [7, 11) is 0. The maximum atomic E-state index is 13.9. The van der Waals surface area contributed by atoms with Gasteiger partial charge >= 0.3 is 0 Å². The lowest BCUT2D eigenvalue weighted by atomic mass is 9.95. The number of carbonyl (C=O) groups excluding carboxylic acids is 1. The van der Waals surface area contributed by atoms with E-state index in [9.17, 15) is 23.8 Å². The third-order valence-electron chi connectivity index (χ3n) is 6.91. The van der Waals surface area contributed by atoms with Gasteiger partial charge in [0, 0.05) is 44.1 Å². The van der Waals surface area contributed by atoms with Crippen molar-refractivity contribution in [1.82, 2.24) is 4.90 Å². The van der Waals surface area contributed by atoms with Crippen molar-refractivity contribution in [2.24, 2.45) is 5.92 Å². The Morgan fingerprint density at radius 2 is 2.00 bits per heavy atom. The van der Waals surface area contributed by atoms with Crippen molar-refractivity contribution in [3.8, 4) is 5.75 Å². The van der Waals surface area contributed by atoms with Crippen LogP contribution in [0.3, 0.4) is 0 Å². The van der Waals surface area contributed by atoms with Gasteiger partial charge in [-0.1, -0.05) is 18.2 Å². The Labute approximate surface area is 184 Å². The molecule has 4 atom stereocenters. The number of aliphatic hydroxyl groups is 2. The van der Waals surface area contributed by atoms with E-state index in [4.69, 9.17) is 4.74 Å². The Kier molecular flexibility index (Phi) is 5.39. The highest BCUT2D eigenvalue weighted by Crippen LogP contribution is 2.44. The van der Waals surface area contributed by atoms with Crippen molar-refractivity contribution < 1.29 is 28.5 Å². The van der Waals surface area contributed by atoms with E-state index in [2.05, 4.69) is 5.32 Å². The first kappa shape index (κ1) is 21.3. The van der Waals surface area contributed by atoms with Crippen molar-refractivity contribution in [2.75, 3.05) is 25.0 Å². The zero-order valence-electron chi connectivity index (χ0n) is 17.6. The van der Waals surface area contributed by atoms with Crippen LogP contribution in [0.5, 0.6) is 5.75 Å². The summed E-state index contributed by atoms with van der Waals surface area (Å²) >= 11 is 0. The minimum Gasteiger partial charge on any atom is -0.484 e. The van der Waals surface area contributed by atoms with Crippen molar-refractivity contribution >= 4 is 11.6 Å². The van der Waals surface area contributed by atoms with Crippen LogP contribution in [0.15, 0.2) is 36.4 Å². The molecule has 5 rings (SSSR count). The zero-order chi connectivity index (χ0) is 22.5. The van der Waals surface area contributed by atoms with E-state index in [-0.39, 0.29) is 18.2 Å². The highest BCUT2D eigenvalue weighted by atomic mass is 19.1. The Morgan fingerprint density at radius 1 is 1.22 bits per heavy atom. The predicted molar refractivity (Wildman–Crippen MR) is 113 cm³/mol. The number of para-hydroxylation sites is 1. The smallest absolute Gasteiger partial charge is 0.224 e. The molecular formula is C24H26F2N2O4. The summed E-state index contributed by atoms with van der Waals surface area (Å²) in [5.41, 5.74) is 1.57. The minimum absolute atomic E-state index is 0.00248. The number of nitrogens with zero attached hydrogens (tertiary/aromatic N) is 1. The quantitative estimate of drug-likeness (QED) is 0.661. The van der Waals surface area contributed by atoms with Crippen molar-refractivity contribution in [3.05, 3.63) is 59.2 Å². The van der Waals surface area contributed by atoms with Crippen LogP contribution >= 0.6 is 0 Å². The number of benzene rings is 2. The number of aryl methyl sites for hydroxylation is 1. The molecule has 0 radical (unpaired) electrons. The fourth-order valence-corrected chi connectivity index (χ4v) is 5.33. The Balaban J connectivity index is 1.20. The van der Waals surface area contributed by atoms with Gasteiger partial charge in [-0.15, -0.1) is 0 Å². The van der Waals surface area contributed by atoms with Gasteiger partial charge in [-0.05, 0) is 42.2 Å². The molecule has 170 valence electrons. The molecule has 0 bridgehead atoms. The summed E-state index contributed by atoms with van der Waals surface area (Å²) in [4.78, 5) is 13.5. The van der Waals surface area contributed by atoms with Gasteiger partial charge in [0.2, 0.25) is 5.91 Å². The van der Waals surface area contributed by atoms with Crippen molar-refractivity contribution in [3.63, 3.8) is 0 Å². The maximum absolute atomic E-state index is 13.9. The molecule has 0 spiro atoms. The molecule has 6 nitrogen and oxygen atoms in total. The van der Waals surface area contributed by atoms with Gasteiger partial charge in [0.05, 0.1) is 11.7 Å². The number of amides is 1. The first-order valence-electron chi connectivity index (χ1n) is 11.0. The topological polar surface area (TPSA) is 82.0 Å². The molecule has 1 saturated carbocycles. The number of hydrogen-bond acceptors (Lipinski definition) is 5. The Morgan fingerprint density at radius 3 is 2.75 bits per heavy atom. The summed E-state index contributed by atoms with van der Waals surface area (Å²) in [6.45, 7) is 1.32. The SMILES string of the molecule is O=C1CCc2cc([C@@H](O)CN3C[C@@H]4C[C@@H](Oc5c(F)cccc5F)C[C@]4(O)C3)ccc2N1. The highest BCUT2D eigenvalue weighted by Gasteiger charge is 2.53. The molecule has 32 heavy (non-hydrogen) atoms. The average molecular weight is 444 g/mol. The van der Waals surface area contributed by atoms with Gasteiger partial charge < -0.3 is 20.3 Å². The molecule has 2 aromatic carbocycles. The Bertz CT molecular complexity index is 1030. The van der Waals surface area contributed by atoms with Gasteiger partial charge in [-0.2, -0.15) is 0 Å². The van der Waals surface area contributed by atoms with Crippen LogP contribution in [0.25, 0.3) is 0 Å². The van der Waals surface area contributed by atoms with Crippen LogP contribution in [-0.4, -0.2) is 52.4 Å². The number of likely N-dealkylation sites (tertiary alicyclic amines) is 1. The molecule has 2 aromatic rings. The van der Waals surface area contributed by atoms with E-state index in [0.29, 0.717) is 38.9 Å². The first-order valence-corrected chi connectivity index (χ1v) is 11.0. The van der Waals surface area contributed by atoms with Crippen LogP contribution < -0.4 is 10.1 Å². The lowest BCUT2D eigenvalue weighted by Gasteiger charge is -2.25. The molecule has 3 aliphatic rings. The second kappa shape index (κ2) is 8.10. The van der Waals surface area contributed by atoms with Gasteiger partial charge in [0.25, 0.3) is 0 Å². The molecule has 2 heterocycles. The molecule has 0 aromatic heterocycles. The lowest BCUT2D eigenvalue weighted by molar-refractivity contribution is -0.116. The number of ether oxygens (including phenoxy) is 1. The molecule has 8 heteroatoms. The average Bonchev–Trinajstić information content (AvgIpc) is 3.20. The summed E-state index contributed by atoms with van der Waals surface area (Å²) in [6.07, 6.45) is 0.690. The van der Waals surface area contributed by atoms with E-state index >= 15 is 0 Å². The van der Waals surface area contributed by atoms with Crippen LogP contribution in [0.4, 0.5) is 14.5 Å². The van der Waals surface area contributed by atoms with E-state index < -0.39 is 35.2 Å². The summed E-state index contributed by atoms with van der Waals surface area (Å²) in [5, 5.41) is 24.7. The predicted octanol–water partition coefficient (Wildman–Crippen LogP) is 2.79. The monoisotopic (exact) mass is 444 g/mol. The molecule has 1 saturated heterocycles. The summed E-state index contributed by atoms with van der Waals surface area (Å²) < 4.78 is 33.4. The number of rotatable bonds is 5. The standard InChI is InChI=1S/C24H26F2N2O4/c25-18-2-1-3-19(26)23(18)32-17-9-16-11-28(13-24(16,31)10-17)12-21(29)15-4-6-20-14(8-15)5-7-22(30)27-20/h1-4,6,8,16-17,21,29,31H,5,7,9-13H2,(H,27,30)/t16-,17+,21-,24-/m0/s1. The van der Waals surface area contributed by atoms with Crippen LogP contribution in [0.2, 0.25) is 0 Å². The molecule has 2 aliphatic heterocycles. The second-order valence-electron chi connectivity index (χ2n) is 9.21. The van der Waals surface area contributed by atoms with Gasteiger partial charge in [0.1, 0.15) is 6.10 Å². The van der Waals surface area contributed by atoms with E-state index in [1.165, 1.54) is 6.07 Å². The molecular weight excluding hydrogens is 418 g/mol. The van der Waals surface area contributed by atoms with Crippen LogP contribution in [-0.2, 0) is 11.2 Å². The number of halogens is 2. The van der Waals surface area contributed by atoms with E-state index in [0.717, 1.165) is 28.9 Å². The third-order valence-corrected chi connectivity index (χ3v) is 6.91. The summed E-state index contributed by atoms with van der Waals surface area (Å²) in [5.74, 6) is -1.97. The van der Waals surface area contributed by atoms with Crippen LogP contribution in [0, 0.1) is 17.6 Å². The number of nitrogens with one attached hydrogen (secondary N) is 1. The van der Waals surface area contributed by atoms with Crippen molar-refractivity contribution in [2.45, 2.75) is 43.5 Å². The lowest BCUT2D eigenvalue weighted by Crippen LogP contribution is -2.36. The number of carbonyl (C=O) groups is 1. The van der Waals surface area contributed by atoms with E-state index in [1.807, 2.05) is 23.1 Å². The Hall–Kier alpha value is -2.55. The number of aliphatic hydroxyl groups excluding tert-OH is 1. The summed E-state index contributed by atoms with van der Waals surface area (Å²) in [6, 6.07) is 9.16.